The van der Waals surface area contributed by atoms with Gasteiger partial charge in [0.1, 0.15) is 10.7 Å². The molecule has 0 spiro atoms. The van der Waals surface area contributed by atoms with Gasteiger partial charge in [-0.25, -0.2) is 9.97 Å². The predicted molar refractivity (Wildman–Crippen MR) is 94.5 cm³/mol. The van der Waals surface area contributed by atoms with Gasteiger partial charge in [0.2, 0.25) is 0 Å². The van der Waals surface area contributed by atoms with Crippen LogP contribution in [-0.2, 0) is 12.8 Å². The van der Waals surface area contributed by atoms with E-state index in [1.165, 1.54) is 0 Å². The summed E-state index contributed by atoms with van der Waals surface area (Å²) in [5, 5.41) is 12.9. The number of nitrogens with two attached hydrogens (primary N) is 2. The van der Waals surface area contributed by atoms with Gasteiger partial charge in [-0.2, -0.15) is 0 Å². The minimum atomic E-state index is 0.671. The number of hydrogen-bond acceptors (Lipinski definition) is 8. The lowest BCUT2D eigenvalue weighted by atomic mass is 10.3. The van der Waals surface area contributed by atoms with Crippen molar-refractivity contribution in [1.82, 2.24) is 20.6 Å². The van der Waals surface area contributed by atoms with Crippen molar-refractivity contribution >= 4 is 22.7 Å². The van der Waals surface area contributed by atoms with Crippen LogP contribution >= 0.6 is 22.7 Å². The topological polar surface area (TPSA) is 102 Å². The summed E-state index contributed by atoms with van der Waals surface area (Å²) >= 11 is 3.35. The summed E-state index contributed by atoms with van der Waals surface area (Å²) in [6, 6.07) is 0. The smallest absolute Gasteiger partial charge is 0.142 e. The molecule has 0 aliphatic rings. The summed E-state index contributed by atoms with van der Waals surface area (Å²) in [7, 11) is 0. The molecule has 2 rings (SSSR count). The van der Waals surface area contributed by atoms with E-state index in [-0.39, 0.29) is 0 Å². The van der Waals surface area contributed by atoms with Crippen LogP contribution < -0.4 is 22.1 Å². The van der Waals surface area contributed by atoms with Gasteiger partial charge in [0, 0.05) is 62.9 Å². The Morgan fingerprint density at radius 1 is 0.864 bits per heavy atom. The fourth-order valence-electron chi connectivity index (χ4n) is 1.93. The Morgan fingerprint density at radius 2 is 1.59 bits per heavy atom. The SMILES string of the molecule is NCCNCCc1csc(-c2csc(CCNCCN)n2)n1. The molecule has 122 valence electrons. The second kappa shape index (κ2) is 9.98. The second-order valence-electron chi connectivity index (χ2n) is 4.85. The molecule has 8 heteroatoms. The summed E-state index contributed by atoms with van der Waals surface area (Å²) in [5.41, 5.74) is 13.0. The Bertz CT molecular complexity index is 491. The predicted octanol–water partition coefficient (Wildman–Crippen LogP) is 0.448. The van der Waals surface area contributed by atoms with Crippen molar-refractivity contribution in [2.45, 2.75) is 12.8 Å². The van der Waals surface area contributed by atoms with E-state index in [1.54, 1.807) is 22.7 Å². The molecular formula is C14H24N6S2. The molecule has 2 heterocycles. The first kappa shape index (κ1) is 17.5. The molecule has 0 amide bonds. The molecule has 6 nitrogen and oxygen atoms in total. The summed E-state index contributed by atoms with van der Waals surface area (Å²) in [6.07, 6.45) is 1.86. The van der Waals surface area contributed by atoms with E-state index >= 15 is 0 Å². The van der Waals surface area contributed by atoms with E-state index in [0.717, 1.165) is 60.4 Å². The van der Waals surface area contributed by atoms with E-state index in [0.29, 0.717) is 13.1 Å². The summed E-state index contributed by atoms with van der Waals surface area (Å²) in [4.78, 5) is 9.32. The van der Waals surface area contributed by atoms with Crippen LogP contribution in [-0.4, -0.2) is 49.2 Å². The minimum Gasteiger partial charge on any atom is -0.329 e. The number of nitrogens with one attached hydrogen (secondary N) is 2. The van der Waals surface area contributed by atoms with Gasteiger partial charge >= 0.3 is 0 Å². The molecule has 0 aromatic carbocycles. The Kier molecular flexibility index (Phi) is 7.92. The molecule has 0 saturated carbocycles. The zero-order valence-corrected chi connectivity index (χ0v) is 14.3. The maximum Gasteiger partial charge on any atom is 0.142 e. The average molecular weight is 341 g/mol. The molecule has 0 fully saturated rings. The fourth-order valence-corrected chi connectivity index (χ4v) is 3.60. The second-order valence-corrected chi connectivity index (χ2v) is 6.65. The van der Waals surface area contributed by atoms with E-state index in [4.69, 9.17) is 11.5 Å². The van der Waals surface area contributed by atoms with Gasteiger partial charge in [0.25, 0.3) is 0 Å². The number of hydrogen-bond donors (Lipinski definition) is 4. The first-order chi connectivity index (χ1) is 10.8. The van der Waals surface area contributed by atoms with Crippen molar-refractivity contribution < 1.29 is 0 Å². The van der Waals surface area contributed by atoms with Crippen molar-refractivity contribution in [3.8, 4) is 10.7 Å². The average Bonchev–Trinajstić information content (AvgIpc) is 3.17. The summed E-state index contributed by atoms with van der Waals surface area (Å²) < 4.78 is 0. The zero-order chi connectivity index (χ0) is 15.6. The molecule has 0 aliphatic carbocycles. The molecule has 0 aliphatic heterocycles. The van der Waals surface area contributed by atoms with E-state index in [1.807, 2.05) is 0 Å². The third kappa shape index (κ3) is 5.71. The Labute approximate surface area is 139 Å². The highest BCUT2D eigenvalue weighted by molar-refractivity contribution is 7.14. The first-order valence-electron chi connectivity index (χ1n) is 7.54. The third-order valence-electron chi connectivity index (χ3n) is 3.04. The van der Waals surface area contributed by atoms with E-state index in [2.05, 4.69) is 31.4 Å². The molecular weight excluding hydrogens is 316 g/mol. The van der Waals surface area contributed by atoms with Crippen molar-refractivity contribution in [3.05, 3.63) is 21.5 Å². The molecule has 0 bridgehead atoms. The van der Waals surface area contributed by atoms with Crippen molar-refractivity contribution in [2.75, 3.05) is 39.3 Å². The number of rotatable bonds is 11. The lowest BCUT2D eigenvalue weighted by Crippen LogP contribution is -2.24. The Hall–Kier alpha value is -0.900. The largest absolute Gasteiger partial charge is 0.329 e. The van der Waals surface area contributed by atoms with Crippen LogP contribution in [0.2, 0.25) is 0 Å². The maximum atomic E-state index is 5.45. The molecule has 0 unspecified atom stereocenters. The number of nitrogens with zero attached hydrogens (tertiary/aromatic N) is 2. The van der Waals surface area contributed by atoms with Crippen LogP contribution in [0.4, 0.5) is 0 Å². The fraction of sp³-hybridized carbons (Fsp3) is 0.571. The first-order valence-corrected chi connectivity index (χ1v) is 9.30. The summed E-state index contributed by atoms with van der Waals surface area (Å²) in [6.45, 7) is 4.88. The van der Waals surface area contributed by atoms with Crippen LogP contribution in [0, 0.1) is 0 Å². The van der Waals surface area contributed by atoms with Crippen LogP contribution in [0.1, 0.15) is 10.7 Å². The van der Waals surface area contributed by atoms with Crippen molar-refractivity contribution in [2.24, 2.45) is 11.5 Å². The quantitative estimate of drug-likeness (QED) is 0.443. The highest BCUT2D eigenvalue weighted by Crippen LogP contribution is 2.25. The molecule has 0 atom stereocenters. The van der Waals surface area contributed by atoms with Gasteiger partial charge in [-0.3, -0.25) is 0 Å². The standard InChI is InChI=1S/C14H24N6S2/c15-3-7-17-5-1-11-9-22-14(19-11)12-10-21-13(20-12)2-6-18-8-4-16/h9-10,17-18H,1-8,15-16H2. The minimum absolute atomic E-state index is 0.671. The van der Waals surface area contributed by atoms with Gasteiger partial charge in [0.15, 0.2) is 0 Å². The Balaban J connectivity index is 1.81. The Morgan fingerprint density at radius 3 is 2.32 bits per heavy atom. The van der Waals surface area contributed by atoms with Crippen LogP contribution in [0.3, 0.4) is 0 Å². The maximum absolute atomic E-state index is 5.45. The third-order valence-corrected chi connectivity index (χ3v) is 4.86. The van der Waals surface area contributed by atoms with Gasteiger partial charge in [-0.15, -0.1) is 22.7 Å². The van der Waals surface area contributed by atoms with E-state index in [9.17, 15) is 0 Å². The molecule has 0 saturated heterocycles. The monoisotopic (exact) mass is 340 g/mol. The lowest BCUT2D eigenvalue weighted by Gasteiger charge is -1.99. The number of thiazole rings is 2. The summed E-state index contributed by atoms with van der Waals surface area (Å²) in [5.74, 6) is 0. The van der Waals surface area contributed by atoms with E-state index < -0.39 is 0 Å². The zero-order valence-electron chi connectivity index (χ0n) is 12.7. The van der Waals surface area contributed by atoms with Gasteiger partial charge in [-0.1, -0.05) is 0 Å². The van der Waals surface area contributed by atoms with Crippen LogP contribution in [0.15, 0.2) is 10.8 Å². The molecule has 2 aromatic rings. The molecule has 2 aromatic heterocycles. The van der Waals surface area contributed by atoms with Crippen LogP contribution in [0.25, 0.3) is 10.7 Å². The van der Waals surface area contributed by atoms with Gasteiger partial charge < -0.3 is 22.1 Å². The van der Waals surface area contributed by atoms with Gasteiger partial charge in [-0.05, 0) is 0 Å². The molecule has 0 radical (unpaired) electrons. The van der Waals surface area contributed by atoms with Crippen molar-refractivity contribution in [1.29, 1.82) is 0 Å². The highest BCUT2D eigenvalue weighted by atomic mass is 32.1. The van der Waals surface area contributed by atoms with Crippen LogP contribution in [0.5, 0.6) is 0 Å². The molecule has 6 N–H and O–H groups in total. The normalized spacial score (nSPS) is 11.2. The number of aromatic nitrogens is 2. The van der Waals surface area contributed by atoms with Crippen molar-refractivity contribution in [3.63, 3.8) is 0 Å². The van der Waals surface area contributed by atoms with Gasteiger partial charge in [0.05, 0.1) is 10.7 Å². The molecule has 22 heavy (non-hydrogen) atoms. The lowest BCUT2D eigenvalue weighted by molar-refractivity contribution is 0.684. The highest BCUT2D eigenvalue weighted by Gasteiger charge is 2.09.